The van der Waals surface area contributed by atoms with E-state index in [1.54, 1.807) is 31.2 Å². The highest BCUT2D eigenvalue weighted by molar-refractivity contribution is 5.38. The number of benzene rings is 2. The highest BCUT2D eigenvalue weighted by Gasteiger charge is 2.18. The highest BCUT2D eigenvalue weighted by Crippen LogP contribution is 2.27. The predicted octanol–water partition coefficient (Wildman–Crippen LogP) is 3.37. The second-order valence-electron chi connectivity index (χ2n) is 4.51. The number of hydrogen-bond donors (Lipinski definition) is 1. The molecule has 0 spiro atoms. The fraction of sp³-hybridized carbons (Fsp3) is 0.200. The van der Waals surface area contributed by atoms with Gasteiger partial charge >= 0.3 is 5.69 Å². The van der Waals surface area contributed by atoms with Crippen molar-refractivity contribution in [2.24, 2.45) is 0 Å². The number of aliphatic hydroxyl groups excluding tert-OH is 1. The summed E-state index contributed by atoms with van der Waals surface area (Å²) >= 11 is 0. The maximum atomic E-state index is 13.9. The minimum absolute atomic E-state index is 0.0876. The number of ether oxygens (including phenoxy) is 1. The zero-order valence-corrected chi connectivity index (χ0v) is 11.3. The molecule has 2 aromatic rings. The Morgan fingerprint density at radius 3 is 2.67 bits per heavy atom. The molecule has 2 aromatic carbocycles. The average Bonchev–Trinajstić information content (AvgIpc) is 2.46. The van der Waals surface area contributed by atoms with Crippen LogP contribution >= 0.6 is 0 Å². The molecule has 0 bridgehead atoms. The summed E-state index contributed by atoms with van der Waals surface area (Å²) in [6, 6.07) is 10.8. The number of para-hydroxylation sites is 1. The molecule has 2 rings (SSSR count). The van der Waals surface area contributed by atoms with E-state index in [9.17, 15) is 19.6 Å². The number of nitro benzene ring substituents is 1. The quantitative estimate of drug-likeness (QED) is 0.677. The Kier molecular flexibility index (Phi) is 4.49. The molecule has 0 aliphatic carbocycles. The largest absolute Gasteiger partial charge is 0.488 e. The van der Waals surface area contributed by atoms with Crippen LogP contribution in [0, 0.1) is 15.9 Å². The monoisotopic (exact) mass is 291 g/mol. The molecule has 6 heteroatoms. The Bertz CT molecular complexity index is 658. The molecule has 0 radical (unpaired) electrons. The lowest BCUT2D eigenvalue weighted by Crippen LogP contribution is -2.04. The summed E-state index contributed by atoms with van der Waals surface area (Å²) in [5.74, 6) is -0.490. The number of rotatable bonds is 5. The second kappa shape index (κ2) is 6.32. The zero-order valence-electron chi connectivity index (χ0n) is 11.3. The molecule has 110 valence electrons. The van der Waals surface area contributed by atoms with Gasteiger partial charge in [0, 0.05) is 17.2 Å². The first-order valence-electron chi connectivity index (χ1n) is 6.32. The second-order valence-corrected chi connectivity index (χ2v) is 4.51. The fourth-order valence-corrected chi connectivity index (χ4v) is 1.93. The van der Waals surface area contributed by atoms with Crippen LogP contribution in [-0.2, 0) is 6.61 Å². The maximum Gasteiger partial charge on any atom is 0.305 e. The number of halogens is 1. The molecule has 5 nitrogen and oxygen atoms in total. The Hall–Kier alpha value is -2.47. The molecule has 0 unspecified atom stereocenters. The Morgan fingerprint density at radius 1 is 1.29 bits per heavy atom. The van der Waals surface area contributed by atoms with Crippen molar-refractivity contribution in [1.82, 2.24) is 0 Å². The zero-order chi connectivity index (χ0) is 15.4. The van der Waals surface area contributed by atoms with Crippen LogP contribution in [0.25, 0.3) is 0 Å². The predicted molar refractivity (Wildman–Crippen MR) is 74.5 cm³/mol. The van der Waals surface area contributed by atoms with Gasteiger partial charge in [0.15, 0.2) is 0 Å². The van der Waals surface area contributed by atoms with Crippen LogP contribution in [-0.4, -0.2) is 10.0 Å². The molecule has 0 aromatic heterocycles. The van der Waals surface area contributed by atoms with E-state index < -0.39 is 22.5 Å². The Balaban J connectivity index is 2.21. The lowest BCUT2D eigenvalue weighted by Gasteiger charge is -2.13. The van der Waals surface area contributed by atoms with Crippen molar-refractivity contribution < 1.29 is 19.2 Å². The molecule has 0 saturated carbocycles. The van der Waals surface area contributed by atoms with Gasteiger partial charge in [-0.1, -0.05) is 30.3 Å². The smallest absolute Gasteiger partial charge is 0.305 e. The van der Waals surface area contributed by atoms with E-state index in [1.807, 2.05) is 0 Å². The van der Waals surface area contributed by atoms with Crippen LogP contribution in [0.2, 0.25) is 0 Å². The minimum Gasteiger partial charge on any atom is -0.488 e. The number of nitrogens with zero attached hydrogens (tertiary/aromatic N) is 1. The SMILES string of the molecule is C[C@@H](O)c1ccccc1OCc1cccc([N+](=O)[O-])c1F. The third-order valence-electron chi connectivity index (χ3n) is 3.01. The van der Waals surface area contributed by atoms with Crippen molar-refractivity contribution in [2.45, 2.75) is 19.6 Å². The molecule has 21 heavy (non-hydrogen) atoms. The number of aliphatic hydroxyl groups is 1. The summed E-state index contributed by atoms with van der Waals surface area (Å²) in [5, 5.41) is 20.3. The van der Waals surface area contributed by atoms with Gasteiger partial charge in [0.05, 0.1) is 11.0 Å². The van der Waals surface area contributed by atoms with E-state index in [0.29, 0.717) is 11.3 Å². The van der Waals surface area contributed by atoms with Gasteiger partial charge in [-0.15, -0.1) is 0 Å². The highest BCUT2D eigenvalue weighted by atomic mass is 19.1. The van der Waals surface area contributed by atoms with Gasteiger partial charge in [-0.2, -0.15) is 4.39 Å². The first-order chi connectivity index (χ1) is 10.0. The van der Waals surface area contributed by atoms with Crippen LogP contribution in [0.4, 0.5) is 10.1 Å². The van der Waals surface area contributed by atoms with Gasteiger partial charge < -0.3 is 9.84 Å². The van der Waals surface area contributed by atoms with Crippen molar-refractivity contribution >= 4 is 5.69 Å². The third-order valence-corrected chi connectivity index (χ3v) is 3.01. The van der Waals surface area contributed by atoms with Crippen LogP contribution in [0.5, 0.6) is 5.75 Å². The normalized spacial score (nSPS) is 12.0. The van der Waals surface area contributed by atoms with Crippen LogP contribution in [0.3, 0.4) is 0 Å². The third kappa shape index (κ3) is 3.35. The summed E-state index contributed by atoms with van der Waals surface area (Å²) in [5.41, 5.74) is 0.0767. The van der Waals surface area contributed by atoms with Crippen LogP contribution in [0.15, 0.2) is 42.5 Å². The molecule has 1 atom stereocenters. The van der Waals surface area contributed by atoms with Crippen LogP contribution in [0.1, 0.15) is 24.2 Å². The first-order valence-corrected chi connectivity index (χ1v) is 6.32. The molecular formula is C15H14FNO4. The maximum absolute atomic E-state index is 13.9. The van der Waals surface area contributed by atoms with Gasteiger partial charge in [-0.3, -0.25) is 10.1 Å². The van der Waals surface area contributed by atoms with Gasteiger partial charge in [0.25, 0.3) is 0 Å². The van der Waals surface area contributed by atoms with E-state index in [2.05, 4.69) is 0 Å². The van der Waals surface area contributed by atoms with Gasteiger partial charge in [0.2, 0.25) is 5.82 Å². The fourth-order valence-electron chi connectivity index (χ4n) is 1.93. The summed E-state index contributed by atoms with van der Waals surface area (Å²) in [6.07, 6.45) is -0.726. The molecule has 0 heterocycles. The summed E-state index contributed by atoms with van der Waals surface area (Å²) in [7, 11) is 0. The van der Waals surface area contributed by atoms with Crippen molar-refractivity contribution in [3.8, 4) is 5.75 Å². The van der Waals surface area contributed by atoms with E-state index in [-0.39, 0.29) is 12.2 Å². The summed E-state index contributed by atoms with van der Waals surface area (Å²) in [4.78, 5) is 9.91. The van der Waals surface area contributed by atoms with Crippen molar-refractivity contribution in [3.05, 3.63) is 69.5 Å². The first kappa shape index (κ1) is 14.9. The van der Waals surface area contributed by atoms with Crippen molar-refractivity contribution in [3.63, 3.8) is 0 Å². The molecule has 0 fully saturated rings. The van der Waals surface area contributed by atoms with Gasteiger partial charge in [-0.05, 0) is 13.0 Å². The van der Waals surface area contributed by atoms with E-state index >= 15 is 0 Å². The molecule has 0 saturated heterocycles. The molecule has 1 N–H and O–H groups in total. The molecule has 0 aliphatic heterocycles. The van der Waals surface area contributed by atoms with E-state index in [0.717, 1.165) is 6.07 Å². The minimum atomic E-state index is -0.906. The molecule has 0 aliphatic rings. The van der Waals surface area contributed by atoms with Crippen molar-refractivity contribution in [2.75, 3.05) is 0 Å². The number of hydrogen-bond acceptors (Lipinski definition) is 4. The molecular weight excluding hydrogens is 277 g/mol. The summed E-state index contributed by atoms with van der Waals surface area (Å²) < 4.78 is 19.4. The summed E-state index contributed by atoms with van der Waals surface area (Å²) in [6.45, 7) is 1.44. The van der Waals surface area contributed by atoms with Gasteiger partial charge in [0.1, 0.15) is 12.4 Å². The Labute approximate surface area is 120 Å². The lowest BCUT2D eigenvalue weighted by atomic mass is 10.1. The lowest BCUT2D eigenvalue weighted by molar-refractivity contribution is -0.387. The Morgan fingerprint density at radius 2 is 2.00 bits per heavy atom. The van der Waals surface area contributed by atoms with Crippen molar-refractivity contribution in [1.29, 1.82) is 0 Å². The van der Waals surface area contributed by atoms with Gasteiger partial charge in [-0.25, -0.2) is 0 Å². The standard InChI is InChI=1S/C15H14FNO4/c1-10(18)12-6-2-3-8-14(12)21-9-11-5-4-7-13(15(11)16)17(19)20/h2-8,10,18H,9H2,1H3/t10-/m1/s1. The van der Waals surface area contributed by atoms with Crippen LogP contribution < -0.4 is 4.74 Å². The topological polar surface area (TPSA) is 72.6 Å². The molecule has 0 amide bonds. The average molecular weight is 291 g/mol. The van der Waals surface area contributed by atoms with E-state index in [4.69, 9.17) is 4.74 Å². The number of nitro groups is 1. The van der Waals surface area contributed by atoms with E-state index in [1.165, 1.54) is 12.1 Å².